The molecule has 0 saturated carbocycles. The first-order valence-electron chi connectivity index (χ1n) is 3.61. The molecule has 0 heterocycles. The summed E-state index contributed by atoms with van der Waals surface area (Å²) in [4.78, 5) is 10.6. The van der Waals surface area contributed by atoms with E-state index < -0.39 is 0 Å². The van der Waals surface area contributed by atoms with Gasteiger partial charge in [0.2, 0.25) is 5.43 Å². The number of hydrogen-bond donors (Lipinski definition) is 2. The maximum atomic E-state index is 10.6. The quantitative estimate of drug-likeness (QED) is 0.601. The van der Waals surface area contributed by atoms with E-state index in [4.69, 9.17) is 10.2 Å². The van der Waals surface area contributed by atoms with Crippen LogP contribution in [0.25, 0.3) is 0 Å². The second kappa shape index (κ2) is 6.37. The molecule has 0 radical (unpaired) electrons. The van der Waals surface area contributed by atoms with E-state index in [1.165, 1.54) is 12.1 Å². The van der Waals surface area contributed by atoms with Crippen molar-refractivity contribution in [1.82, 2.24) is 0 Å². The molecule has 0 aromatic heterocycles. The van der Waals surface area contributed by atoms with Gasteiger partial charge in [-0.15, -0.1) is 0 Å². The van der Waals surface area contributed by atoms with Crippen LogP contribution in [0.2, 0.25) is 0 Å². The van der Waals surface area contributed by atoms with Crippen molar-refractivity contribution in [3.63, 3.8) is 0 Å². The lowest BCUT2D eigenvalue weighted by Crippen LogP contribution is -1.90. The lowest BCUT2D eigenvalue weighted by molar-refractivity contribution is 0.318. The maximum absolute atomic E-state index is 10.6. The third kappa shape index (κ3) is 4.46. The minimum Gasteiger partial charge on any atom is -0.504 e. The van der Waals surface area contributed by atoms with Gasteiger partial charge in [0.05, 0.1) is 0 Å². The second-order valence-electron chi connectivity index (χ2n) is 1.98. The molecule has 3 heteroatoms. The summed E-state index contributed by atoms with van der Waals surface area (Å²) in [6.45, 7) is 1.93. The van der Waals surface area contributed by atoms with Crippen LogP contribution in [0.1, 0.15) is 6.92 Å². The van der Waals surface area contributed by atoms with Crippen LogP contribution in [0.5, 0.6) is 5.75 Å². The minimum absolute atomic E-state index is 0.208. The molecule has 0 amide bonds. The van der Waals surface area contributed by atoms with Crippen LogP contribution in [0, 0.1) is 0 Å². The van der Waals surface area contributed by atoms with Gasteiger partial charge in [-0.05, 0) is 19.1 Å². The Morgan fingerprint density at radius 3 is 2.33 bits per heavy atom. The van der Waals surface area contributed by atoms with E-state index in [1.807, 2.05) is 0 Å². The Kier molecular flexibility index (Phi) is 5.65. The third-order valence-corrected chi connectivity index (χ3v) is 0.976. The molecule has 0 aliphatic carbocycles. The molecule has 0 bridgehead atoms. The van der Waals surface area contributed by atoms with E-state index in [9.17, 15) is 4.79 Å². The molecular formula is C9H12O3. The van der Waals surface area contributed by atoms with Gasteiger partial charge in [-0.1, -0.05) is 18.2 Å². The predicted molar refractivity (Wildman–Crippen MR) is 47.1 cm³/mol. The van der Waals surface area contributed by atoms with Crippen LogP contribution in [0.4, 0.5) is 0 Å². The molecule has 3 nitrogen and oxygen atoms in total. The third-order valence-electron chi connectivity index (χ3n) is 0.976. The molecule has 0 saturated heterocycles. The summed E-state index contributed by atoms with van der Waals surface area (Å²) in [6.07, 6.45) is 0. The Balaban J connectivity index is 0.000000354. The highest BCUT2D eigenvalue weighted by Crippen LogP contribution is 1.93. The van der Waals surface area contributed by atoms with E-state index >= 15 is 0 Å². The van der Waals surface area contributed by atoms with Crippen LogP contribution in [-0.4, -0.2) is 16.8 Å². The number of aliphatic hydroxyl groups excluding tert-OH is 1. The van der Waals surface area contributed by atoms with E-state index in [0.717, 1.165) is 0 Å². The molecule has 12 heavy (non-hydrogen) atoms. The first kappa shape index (κ1) is 10.7. The first-order chi connectivity index (χ1) is 5.72. The van der Waals surface area contributed by atoms with Crippen molar-refractivity contribution < 1.29 is 10.2 Å². The predicted octanol–water partition coefficient (Wildman–Crippen LogP) is 0.751. The highest BCUT2D eigenvalue weighted by Gasteiger charge is 1.85. The number of aliphatic hydroxyl groups is 1. The van der Waals surface area contributed by atoms with Crippen molar-refractivity contribution in [3.05, 3.63) is 40.6 Å². The topological polar surface area (TPSA) is 57.5 Å². The van der Waals surface area contributed by atoms with Gasteiger partial charge >= 0.3 is 0 Å². The van der Waals surface area contributed by atoms with Crippen LogP contribution in [0.3, 0.4) is 0 Å². The van der Waals surface area contributed by atoms with Crippen molar-refractivity contribution >= 4 is 0 Å². The van der Waals surface area contributed by atoms with Gasteiger partial charge in [-0.2, -0.15) is 0 Å². The van der Waals surface area contributed by atoms with Gasteiger partial charge in [0.1, 0.15) is 0 Å². The normalized spacial score (nSPS) is 8.17. The molecule has 66 valence electrons. The fraction of sp³-hybridized carbons (Fsp3) is 0.222. The number of hydrogen-bond acceptors (Lipinski definition) is 3. The molecule has 0 unspecified atom stereocenters. The SMILES string of the molecule is CCO.O=c1cccccc1O. The Labute approximate surface area is 70.9 Å². The van der Waals surface area contributed by atoms with Gasteiger partial charge in [-0.25, -0.2) is 0 Å². The second-order valence-corrected chi connectivity index (χ2v) is 1.98. The average molecular weight is 168 g/mol. The smallest absolute Gasteiger partial charge is 0.220 e. The van der Waals surface area contributed by atoms with Gasteiger partial charge in [0, 0.05) is 6.61 Å². The van der Waals surface area contributed by atoms with Crippen molar-refractivity contribution in [2.45, 2.75) is 6.92 Å². The summed E-state index contributed by atoms with van der Waals surface area (Å²) in [6, 6.07) is 7.55. The molecule has 0 aliphatic rings. The standard InChI is InChI=1S/C7H6O2.C2H6O/c8-6-4-2-1-3-5-7(6)9;1-2-3/h1-5H,(H,8,9);3H,2H2,1H3. The first-order valence-corrected chi connectivity index (χ1v) is 3.61. The summed E-state index contributed by atoms with van der Waals surface area (Å²) in [5.74, 6) is -0.208. The van der Waals surface area contributed by atoms with Crippen molar-refractivity contribution in [1.29, 1.82) is 0 Å². The molecule has 0 spiro atoms. The lowest BCUT2D eigenvalue weighted by atomic mass is 10.5. The van der Waals surface area contributed by atoms with Gasteiger partial charge in [0.15, 0.2) is 5.75 Å². The van der Waals surface area contributed by atoms with Crippen molar-refractivity contribution in [2.24, 2.45) is 0 Å². The summed E-state index contributed by atoms with van der Waals surface area (Å²) in [5, 5.41) is 16.3. The largest absolute Gasteiger partial charge is 0.504 e. The molecule has 1 aromatic carbocycles. The fourth-order valence-electron chi connectivity index (χ4n) is 0.521. The molecule has 1 rings (SSSR count). The fourth-order valence-corrected chi connectivity index (χ4v) is 0.521. The van der Waals surface area contributed by atoms with Crippen LogP contribution >= 0.6 is 0 Å². The monoisotopic (exact) mass is 168 g/mol. The molecule has 0 atom stereocenters. The molecule has 2 N–H and O–H groups in total. The molecule has 0 aliphatic heterocycles. The van der Waals surface area contributed by atoms with Crippen LogP contribution in [-0.2, 0) is 0 Å². The van der Waals surface area contributed by atoms with Crippen LogP contribution in [0.15, 0.2) is 35.1 Å². The number of aromatic hydroxyl groups is 1. The Hall–Kier alpha value is -1.35. The Bertz CT molecular complexity index is 270. The van der Waals surface area contributed by atoms with E-state index in [1.54, 1.807) is 25.1 Å². The zero-order valence-electron chi connectivity index (χ0n) is 6.90. The average Bonchev–Trinajstić information content (AvgIpc) is 2.19. The van der Waals surface area contributed by atoms with Crippen molar-refractivity contribution in [2.75, 3.05) is 6.61 Å². The van der Waals surface area contributed by atoms with Gasteiger partial charge in [-0.3, -0.25) is 4.79 Å². The summed E-state index contributed by atoms with van der Waals surface area (Å²) < 4.78 is 0. The highest BCUT2D eigenvalue weighted by atomic mass is 16.3. The molecule has 1 aromatic rings. The summed E-state index contributed by atoms with van der Waals surface area (Å²) in [5.41, 5.74) is -0.347. The molecule has 0 fully saturated rings. The Morgan fingerprint density at radius 1 is 1.25 bits per heavy atom. The van der Waals surface area contributed by atoms with E-state index in [-0.39, 0.29) is 17.8 Å². The van der Waals surface area contributed by atoms with Gasteiger partial charge < -0.3 is 10.2 Å². The molecular weight excluding hydrogens is 156 g/mol. The minimum atomic E-state index is -0.347. The summed E-state index contributed by atoms with van der Waals surface area (Å²) >= 11 is 0. The zero-order chi connectivity index (χ0) is 9.40. The van der Waals surface area contributed by atoms with Crippen molar-refractivity contribution in [3.8, 4) is 5.75 Å². The highest BCUT2D eigenvalue weighted by molar-refractivity contribution is 5.17. The lowest BCUT2D eigenvalue weighted by Gasteiger charge is -1.74. The van der Waals surface area contributed by atoms with Gasteiger partial charge in [0.25, 0.3) is 0 Å². The maximum Gasteiger partial charge on any atom is 0.220 e. The Morgan fingerprint density at radius 2 is 1.75 bits per heavy atom. The van der Waals surface area contributed by atoms with Crippen LogP contribution < -0.4 is 5.43 Å². The number of rotatable bonds is 0. The summed E-state index contributed by atoms with van der Waals surface area (Å²) in [7, 11) is 0. The van der Waals surface area contributed by atoms with E-state index in [0.29, 0.717) is 0 Å². The van der Waals surface area contributed by atoms with E-state index in [2.05, 4.69) is 0 Å². The zero-order valence-corrected chi connectivity index (χ0v) is 6.90.